The molecule has 0 spiro atoms. The zero-order valence-electron chi connectivity index (χ0n) is 7.05. The predicted octanol–water partition coefficient (Wildman–Crippen LogP) is 1.45. The number of carbonyl (C=O) groups is 1. The van der Waals surface area contributed by atoms with Crippen molar-refractivity contribution in [3.63, 3.8) is 0 Å². The Morgan fingerprint density at radius 3 is 2.71 bits per heavy atom. The second kappa shape index (κ2) is 4.77. The van der Waals surface area contributed by atoms with Crippen molar-refractivity contribution >= 4 is 40.4 Å². The van der Waals surface area contributed by atoms with Gasteiger partial charge in [0.2, 0.25) is 0 Å². The van der Waals surface area contributed by atoms with E-state index in [9.17, 15) is 14.9 Å². The van der Waals surface area contributed by atoms with Gasteiger partial charge in [0.05, 0.1) is 17.7 Å². The first-order chi connectivity index (χ1) is 6.07. The maximum Gasteiger partial charge on any atom is 0.348 e. The van der Waals surface area contributed by atoms with Gasteiger partial charge in [-0.3, -0.25) is 10.1 Å². The first-order valence-corrected chi connectivity index (χ1v) is 4.05. The normalized spacial score (nSPS) is 8.93. The minimum atomic E-state index is -0.787. The number of anilines is 1. The van der Waals surface area contributed by atoms with E-state index >= 15 is 0 Å². The number of carbonyl (C=O) groups excluding carboxylic acids is 1. The van der Waals surface area contributed by atoms with Gasteiger partial charge >= 0.3 is 11.0 Å². The van der Waals surface area contributed by atoms with Crippen LogP contribution in [0.2, 0.25) is 0 Å². The molecule has 0 aliphatic carbocycles. The molecule has 0 saturated carbocycles. The molecule has 6 nitrogen and oxygen atoms in total. The van der Waals surface area contributed by atoms with Gasteiger partial charge in [-0.05, 0) is 0 Å². The molecule has 0 fully saturated rings. The highest BCUT2D eigenvalue weighted by Crippen LogP contribution is 2.32. The third-order valence-corrected chi connectivity index (χ3v) is 2.30. The molecule has 0 aliphatic heterocycles. The standard InChI is InChI=1S/C6H6N2O4S.ClH/c1-12-6(9)4-3(7)2-13-5(4)8(10)11;/h2H,7H2,1H3;1H. The Bertz CT molecular complexity index is 365. The predicted molar refractivity (Wildman–Crippen MR) is 54.0 cm³/mol. The number of rotatable bonds is 2. The van der Waals surface area contributed by atoms with Crippen LogP contribution in [0.3, 0.4) is 0 Å². The number of hydrogen-bond acceptors (Lipinski definition) is 6. The van der Waals surface area contributed by atoms with E-state index in [1.54, 1.807) is 0 Å². The minimum absolute atomic E-state index is 0. The van der Waals surface area contributed by atoms with Crippen LogP contribution in [0.5, 0.6) is 0 Å². The summed E-state index contributed by atoms with van der Waals surface area (Å²) in [4.78, 5) is 20.8. The molecule has 0 aromatic carbocycles. The van der Waals surface area contributed by atoms with Crippen molar-refractivity contribution in [2.45, 2.75) is 0 Å². The maximum absolute atomic E-state index is 11.0. The molecule has 0 atom stereocenters. The quantitative estimate of drug-likeness (QED) is 0.478. The molecule has 2 N–H and O–H groups in total. The summed E-state index contributed by atoms with van der Waals surface area (Å²) >= 11 is 0.803. The van der Waals surface area contributed by atoms with Crippen molar-refractivity contribution in [3.05, 3.63) is 21.1 Å². The van der Waals surface area contributed by atoms with Crippen LogP contribution in [0.4, 0.5) is 10.7 Å². The van der Waals surface area contributed by atoms with Gasteiger partial charge in [0, 0.05) is 5.38 Å². The molecule has 1 heterocycles. The molecule has 0 bridgehead atoms. The van der Waals surface area contributed by atoms with E-state index in [1.165, 1.54) is 5.38 Å². The summed E-state index contributed by atoms with van der Waals surface area (Å²) in [6.07, 6.45) is 0. The Morgan fingerprint density at radius 1 is 1.71 bits per heavy atom. The van der Waals surface area contributed by atoms with E-state index in [0.717, 1.165) is 18.4 Å². The molecule has 0 aliphatic rings. The lowest BCUT2D eigenvalue weighted by atomic mass is 10.3. The minimum Gasteiger partial charge on any atom is -0.465 e. The van der Waals surface area contributed by atoms with Gasteiger partial charge in [-0.25, -0.2) is 4.79 Å². The van der Waals surface area contributed by atoms with Crippen molar-refractivity contribution in [2.24, 2.45) is 0 Å². The summed E-state index contributed by atoms with van der Waals surface area (Å²) in [5.41, 5.74) is 5.26. The van der Waals surface area contributed by atoms with E-state index in [2.05, 4.69) is 4.74 Å². The van der Waals surface area contributed by atoms with E-state index in [1.807, 2.05) is 0 Å². The number of esters is 1. The molecule has 1 aromatic heterocycles. The summed E-state index contributed by atoms with van der Waals surface area (Å²) in [5, 5.41) is 11.5. The average Bonchev–Trinajstić information content (AvgIpc) is 2.46. The molecule has 8 heteroatoms. The number of hydrogen-bond donors (Lipinski definition) is 1. The number of nitrogens with zero attached hydrogens (tertiary/aromatic N) is 1. The Labute approximate surface area is 89.2 Å². The number of nitrogens with two attached hydrogens (primary N) is 1. The highest BCUT2D eigenvalue weighted by molar-refractivity contribution is 7.14. The number of methoxy groups -OCH3 is 1. The molecule has 0 amide bonds. The Hall–Kier alpha value is -1.34. The highest BCUT2D eigenvalue weighted by atomic mass is 35.5. The van der Waals surface area contributed by atoms with Crippen LogP contribution in [0.25, 0.3) is 0 Å². The van der Waals surface area contributed by atoms with Crippen molar-refractivity contribution in [3.8, 4) is 0 Å². The Kier molecular flexibility index (Phi) is 4.32. The molecule has 78 valence electrons. The second-order valence-electron chi connectivity index (χ2n) is 2.12. The number of nitrogen functional groups attached to an aromatic ring is 1. The van der Waals surface area contributed by atoms with Crippen molar-refractivity contribution in [1.29, 1.82) is 0 Å². The van der Waals surface area contributed by atoms with Crippen LogP contribution in [-0.2, 0) is 4.74 Å². The molecule has 14 heavy (non-hydrogen) atoms. The summed E-state index contributed by atoms with van der Waals surface area (Å²) in [6.45, 7) is 0. The van der Waals surface area contributed by atoms with Gasteiger partial charge in [0.15, 0.2) is 5.56 Å². The summed E-state index contributed by atoms with van der Waals surface area (Å²) in [6, 6.07) is 0. The fraction of sp³-hybridized carbons (Fsp3) is 0.167. The smallest absolute Gasteiger partial charge is 0.348 e. The zero-order chi connectivity index (χ0) is 10.0. The summed E-state index contributed by atoms with van der Waals surface area (Å²) in [5.74, 6) is -0.787. The van der Waals surface area contributed by atoms with Gasteiger partial charge in [-0.2, -0.15) is 0 Å². The summed E-state index contributed by atoms with van der Waals surface area (Å²) < 4.78 is 4.35. The van der Waals surface area contributed by atoms with Crippen LogP contribution in [0, 0.1) is 10.1 Å². The van der Waals surface area contributed by atoms with Crippen LogP contribution in [0.15, 0.2) is 5.38 Å². The fourth-order valence-electron chi connectivity index (χ4n) is 0.802. The van der Waals surface area contributed by atoms with Crippen LogP contribution < -0.4 is 5.73 Å². The van der Waals surface area contributed by atoms with E-state index in [0.29, 0.717) is 0 Å². The van der Waals surface area contributed by atoms with E-state index in [-0.39, 0.29) is 28.7 Å². The molecule has 1 aromatic rings. The highest BCUT2D eigenvalue weighted by Gasteiger charge is 2.26. The zero-order valence-corrected chi connectivity index (χ0v) is 8.68. The molecule has 0 unspecified atom stereocenters. The SMILES string of the molecule is COC(=O)c1c(N)csc1[N+](=O)[O-].Cl. The van der Waals surface area contributed by atoms with Crippen molar-refractivity contribution in [1.82, 2.24) is 0 Å². The number of halogens is 1. The van der Waals surface area contributed by atoms with Gasteiger partial charge < -0.3 is 10.5 Å². The lowest BCUT2D eigenvalue weighted by Gasteiger charge is -1.96. The maximum atomic E-state index is 11.0. The largest absolute Gasteiger partial charge is 0.465 e. The number of nitro groups is 1. The van der Waals surface area contributed by atoms with Gasteiger partial charge in [0.1, 0.15) is 0 Å². The topological polar surface area (TPSA) is 95.5 Å². The van der Waals surface area contributed by atoms with E-state index in [4.69, 9.17) is 5.73 Å². The Morgan fingerprint density at radius 2 is 2.29 bits per heavy atom. The first kappa shape index (κ1) is 12.7. The number of thiophene rings is 1. The Balaban J connectivity index is 0.00000169. The fourth-order valence-corrected chi connectivity index (χ4v) is 1.56. The lowest BCUT2D eigenvalue weighted by molar-refractivity contribution is -0.380. The van der Waals surface area contributed by atoms with Crippen molar-refractivity contribution in [2.75, 3.05) is 12.8 Å². The van der Waals surface area contributed by atoms with Gasteiger partial charge in [-0.1, -0.05) is 11.3 Å². The lowest BCUT2D eigenvalue weighted by Crippen LogP contribution is -2.05. The molecular weight excluding hydrogens is 232 g/mol. The average molecular weight is 239 g/mol. The van der Waals surface area contributed by atoms with E-state index < -0.39 is 10.9 Å². The molecule has 0 radical (unpaired) electrons. The first-order valence-electron chi connectivity index (χ1n) is 3.17. The van der Waals surface area contributed by atoms with Gasteiger partial charge in [0.25, 0.3) is 0 Å². The van der Waals surface area contributed by atoms with Crippen LogP contribution in [-0.4, -0.2) is 18.0 Å². The van der Waals surface area contributed by atoms with Crippen molar-refractivity contribution < 1.29 is 14.5 Å². The third-order valence-electron chi connectivity index (χ3n) is 1.36. The van der Waals surface area contributed by atoms with Crippen LogP contribution >= 0.6 is 23.7 Å². The number of ether oxygens (including phenoxy) is 1. The second-order valence-corrected chi connectivity index (χ2v) is 2.98. The molecular formula is C6H7ClN2O4S. The monoisotopic (exact) mass is 238 g/mol. The van der Waals surface area contributed by atoms with Gasteiger partial charge in [-0.15, -0.1) is 12.4 Å². The summed E-state index contributed by atoms with van der Waals surface area (Å²) in [7, 11) is 1.14. The van der Waals surface area contributed by atoms with Crippen LogP contribution in [0.1, 0.15) is 10.4 Å². The molecule has 0 saturated heterocycles. The third kappa shape index (κ3) is 2.12. The molecule has 1 rings (SSSR count).